The summed E-state index contributed by atoms with van der Waals surface area (Å²) in [7, 11) is 1.71. The van der Waals surface area contributed by atoms with Crippen LogP contribution in [-0.2, 0) is 16.5 Å². The van der Waals surface area contributed by atoms with Crippen molar-refractivity contribution in [1.29, 1.82) is 0 Å². The molecular formula is C25H32FN5O3. The van der Waals surface area contributed by atoms with Crippen molar-refractivity contribution in [3.63, 3.8) is 0 Å². The third-order valence-corrected chi connectivity index (χ3v) is 8.13. The number of nitrogens with zero attached hydrogens (tertiary/aromatic N) is 5. The normalized spacial score (nSPS) is 21.7. The lowest BCUT2D eigenvalue weighted by Gasteiger charge is -2.23. The minimum absolute atomic E-state index is 0.0229. The van der Waals surface area contributed by atoms with Gasteiger partial charge in [0.2, 0.25) is 0 Å². The first kappa shape index (κ1) is 22.1. The standard InChI is InChI=1S/C25H32FN5O3/c1-16(34-12-9-30-8-7-25(15-30)5-6-25)18-13-19-21(14-20(18)26)27-28-23-22(19)31(24(32)29(23)2)17-3-10-33-11-4-17/h13-14,16-17H,3-12,15H2,1-2H3/t16-/m1/s1. The van der Waals surface area contributed by atoms with Crippen molar-refractivity contribution in [1.82, 2.24) is 24.2 Å². The molecule has 2 aromatic heterocycles. The molecule has 3 fully saturated rings. The molecule has 0 amide bonds. The Balaban J connectivity index is 1.31. The molecule has 34 heavy (non-hydrogen) atoms. The first-order chi connectivity index (χ1) is 16.5. The SMILES string of the molecule is C[C@@H](OCCN1CCC2(CC2)C1)c1cc2c(cc1F)nnc1c2n(C2CCOCC2)c(=O)n1C. The number of rotatable bonds is 6. The fourth-order valence-corrected chi connectivity index (χ4v) is 5.78. The predicted molar refractivity (Wildman–Crippen MR) is 126 cm³/mol. The van der Waals surface area contributed by atoms with Crippen LogP contribution in [-0.4, -0.2) is 63.7 Å². The molecule has 6 rings (SSSR count). The lowest BCUT2D eigenvalue weighted by molar-refractivity contribution is 0.0490. The van der Waals surface area contributed by atoms with E-state index in [0.29, 0.717) is 47.5 Å². The zero-order chi connectivity index (χ0) is 23.4. The predicted octanol–water partition coefficient (Wildman–Crippen LogP) is 3.34. The van der Waals surface area contributed by atoms with Crippen LogP contribution < -0.4 is 5.69 Å². The minimum atomic E-state index is -0.405. The Hall–Kier alpha value is -2.36. The van der Waals surface area contributed by atoms with Crippen LogP contribution in [0.3, 0.4) is 0 Å². The summed E-state index contributed by atoms with van der Waals surface area (Å²) in [5.74, 6) is -0.359. The third-order valence-electron chi connectivity index (χ3n) is 8.13. The Morgan fingerprint density at radius 1 is 1.24 bits per heavy atom. The number of ether oxygens (including phenoxy) is 2. The second-order valence-corrected chi connectivity index (χ2v) is 10.4. The molecular weight excluding hydrogens is 437 g/mol. The zero-order valence-corrected chi connectivity index (χ0v) is 19.9. The first-order valence-electron chi connectivity index (χ1n) is 12.4. The smallest absolute Gasteiger partial charge is 0.330 e. The Labute approximate surface area is 197 Å². The van der Waals surface area contributed by atoms with Gasteiger partial charge >= 0.3 is 5.69 Å². The van der Waals surface area contributed by atoms with Crippen LogP contribution in [0.25, 0.3) is 22.1 Å². The van der Waals surface area contributed by atoms with E-state index in [-0.39, 0.29) is 17.5 Å². The highest BCUT2D eigenvalue weighted by molar-refractivity contribution is 6.01. The average Bonchev–Trinajstić information content (AvgIpc) is 3.40. The molecule has 8 nitrogen and oxygen atoms in total. The second kappa shape index (κ2) is 8.39. The summed E-state index contributed by atoms with van der Waals surface area (Å²) in [6.07, 6.45) is 5.13. The Morgan fingerprint density at radius 3 is 2.76 bits per heavy atom. The largest absolute Gasteiger partial charge is 0.381 e. The summed E-state index contributed by atoms with van der Waals surface area (Å²) in [5, 5.41) is 9.23. The van der Waals surface area contributed by atoms with Gasteiger partial charge in [-0.2, -0.15) is 0 Å². The molecule has 1 aromatic carbocycles. The molecule has 3 aromatic rings. The van der Waals surface area contributed by atoms with E-state index in [1.807, 2.05) is 11.5 Å². The minimum Gasteiger partial charge on any atom is -0.381 e. The number of hydrogen-bond acceptors (Lipinski definition) is 6. The number of likely N-dealkylation sites (tertiary alicyclic amines) is 1. The maximum absolute atomic E-state index is 15.1. The molecule has 9 heteroatoms. The van der Waals surface area contributed by atoms with E-state index in [9.17, 15) is 4.79 Å². The number of benzene rings is 1. The monoisotopic (exact) mass is 469 g/mol. The Bertz CT molecular complexity index is 1290. The summed E-state index contributed by atoms with van der Waals surface area (Å²) in [5.41, 5.74) is 2.62. The number of imidazole rings is 1. The van der Waals surface area contributed by atoms with Gasteiger partial charge in [0.25, 0.3) is 0 Å². The van der Waals surface area contributed by atoms with Crippen LogP contribution in [0.15, 0.2) is 16.9 Å². The number of halogens is 1. The average molecular weight is 470 g/mol. The highest BCUT2D eigenvalue weighted by Crippen LogP contribution is 2.52. The van der Waals surface area contributed by atoms with Crippen molar-refractivity contribution in [2.45, 2.75) is 51.2 Å². The molecule has 4 heterocycles. The van der Waals surface area contributed by atoms with Crippen molar-refractivity contribution >= 4 is 22.1 Å². The maximum atomic E-state index is 15.1. The van der Waals surface area contributed by atoms with Crippen molar-refractivity contribution in [3.05, 3.63) is 34.0 Å². The van der Waals surface area contributed by atoms with Crippen LogP contribution in [0.2, 0.25) is 0 Å². The van der Waals surface area contributed by atoms with E-state index in [2.05, 4.69) is 15.1 Å². The molecule has 0 unspecified atom stereocenters. The van der Waals surface area contributed by atoms with Crippen molar-refractivity contribution in [3.8, 4) is 0 Å². The molecule has 1 saturated carbocycles. The van der Waals surface area contributed by atoms with E-state index < -0.39 is 6.10 Å². The van der Waals surface area contributed by atoms with Gasteiger partial charge in [0.05, 0.1) is 18.2 Å². The van der Waals surface area contributed by atoms with E-state index in [1.165, 1.54) is 36.4 Å². The highest BCUT2D eigenvalue weighted by Gasteiger charge is 2.47. The molecule has 182 valence electrons. The van der Waals surface area contributed by atoms with E-state index in [0.717, 1.165) is 31.3 Å². The summed E-state index contributed by atoms with van der Waals surface area (Å²) >= 11 is 0. The summed E-state index contributed by atoms with van der Waals surface area (Å²) < 4.78 is 30.0. The number of hydrogen-bond donors (Lipinski definition) is 0. The van der Waals surface area contributed by atoms with Crippen LogP contribution >= 0.6 is 0 Å². The molecule has 1 aliphatic carbocycles. The summed E-state index contributed by atoms with van der Waals surface area (Å²) in [4.78, 5) is 15.6. The van der Waals surface area contributed by atoms with Crippen LogP contribution in [0, 0.1) is 11.2 Å². The highest BCUT2D eigenvalue weighted by atomic mass is 19.1. The first-order valence-corrected chi connectivity index (χ1v) is 12.4. The van der Waals surface area contributed by atoms with Gasteiger partial charge in [-0.15, -0.1) is 10.2 Å². The topological polar surface area (TPSA) is 74.4 Å². The van der Waals surface area contributed by atoms with Crippen molar-refractivity contribution < 1.29 is 13.9 Å². The van der Waals surface area contributed by atoms with Crippen molar-refractivity contribution in [2.75, 3.05) is 39.5 Å². The van der Waals surface area contributed by atoms with E-state index in [4.69, 9.17) is 9.47 Å². The molecule has 0 bridgehead atoms. The fraction of sp³-hybridized carbons (Fsp3) is 0.640. The molecule has 0 radical (unpaired) electrons. The molecule has 3 aliphatic rings. The summed E-state index contributed by atoms with van der Waals surface area (Å²) in [6, 6.07) is 3.24. The van der Waals surface area contributed by atoms with Gasteiger partial charge in [-0.3, -0.25) is 9.13 Å². The second-order valence-electron chi connectivity index (χ2n) is 10.4. The summed E-state index contributed by atoms with van der Waals surface area (Å²) in [6.45, 7) is 6.87. The van der Waals surface area contributed by atoms with Gasteiger partial charge in [0.15, 0.2) is 5.65 Å². The van der Waals surface area contributed by atoms with Gasteiger partial charge in [-0.1, -0.05) is 0 Å². The number of aromatic nitrogens is 4. The van der Waals surface area contributed by atoms with Gasteiger partial charge in [0.1, 0.15) is 11.3 Å². The Kier molecular flexibility index (Phi) is 5.46. The maximum Gasteiger partial charge on any atom is 0.330 e. The molecule has 0 N–H and O–H groups in total. The molecule has 1 spiro atoms. The van der Waals surface area contributed by atoms with E-state index >= 15 is 4.39 Å². The third kappa shape index (κ3) is 3.74. The molecule has 2 aliphatic heterocycles. The zero-order valence-electron chi connectivity index (χ0n) is 19.9. The lowest BCUT2D eigenvalue weighted by Crippen LogP contribution is -2.29. The van der Waals surface area contributed by atoms with Crippen LogP contribution in [0.1, 0.15) is 56.7 Å². The van der Waals surface area contributed by atoms with Gasteiger partial charge in [-0.25, -0.2) is 9.18 Å². The quantitative estimate of drug-likeness (QED) is 0.551. The molecule has 1 atom stereocenters. The van der Waals surface area contributed by atoms with Crippen LogP contribution in [0.5, 0.6) is 0 Å². The number of aryl methyl sites for hydroxylation is 1. The van der Waals surface area contributed by atoms with Gasteiger partial charge in [-0.05, 0) is 57.1 Å². The number of fused-ring (bicyclic) bond motifs is 3. The Morgan fingerprint density at radius 2 is 2.03 bits per heavy atom. The van der Waals surface area contributed by atoms with Crippen molar-refractivity contribution in [2.24, 2.45) is 12.5 Å². The van der Waals surface area contributed by atoms with Crippen LogP contribution in [0.4, 0.5) is 4.39 Å². The van der Waals surface area contributed by atoms with Gasteiger partial charge in [0, 0.05) is 56.4 Å². The van der Waals surface area contributed by atoms with E-state index in [1.54, 1.807) is 13.1 Å². The lowest BCUT2D eigenvalue weighted by atomic mass is 10.0. The molecule has 2 saturated heterocycles. The fourth-order valence-electron chi connectivity index (χ4n) is 5.78. The van der Waals surface area contributed by atoms with Gasteiger partial charge < -0.3 is 14.4 Å².